The number of ether oxygens (including phenoxy) is 1. The second kappa shape index (κ2) is 5.65. The molecule has 1 aromatic carbocycles. The van der Waals surface area contributed by atoms with Crippen molar-refractivity contribution in [3.05, 3.63) is 53.1 Å². The molecule has 0 fully saturated rings. The average Bonchev–Trinajstić information content (AvgIpc) is 2.26. The molecule has 0 amide bonds. The van der Waals surface area contributed by atoms with Crippen LogP contribution in [0.5, 0.6) is 5.75 Å². The number of nitro groups is 1. The Morgan fingerprint density at radius 2 is 2.12 bits per heavy atom. The molecule has 1 unspecified atom stereocenters. The Bertz CT molecular complexity index is 388. The minimum Gasteiger partial charge on any atom is -0.421 e. The van der Waals surface area contributed by atoms with Crippen LogP contribution in [0.3, 0.4) is 0 Å². The van der Waals surface area contributed by atoms with Gasteiger partial charge in [-0.3, -0.25) is 10.1 Å². The van der Waals surface area contributed by atoms with Gasteiger partial charge in [-0.15, -0.1) is 6.58 Å². The van der Waals surface area contributed by atoms with Crippen molar-refractivity contribution in [1.82, 2.24) is 0 Å². The van der Waals surface area contributed by atoms with Gasteiger partial charge in [0.05, 0.1) is 0 Å². The molecule has 0 aliphatic carbocycles. The first kappa shape index (κ1) is 11.9. The SMILES string of the molecule is C=CCC(C(=O)Oc1ccccc1)[N+](=O)[O-]. The number of rotatable bonds is 5. The normalized spacial score (nSPS) is 11.5. The lowest BCUT2D eigenvalue weighted by Gasteiger charge is -2.07. The molecule has 1 rings (SSSR count). The maximum absolute atomic E-state index is 11.4. The molecule has 1 atom stereocenters. The van der Waals surface area contributed by atoms with E-state index < -0.39 is 16.9 Å². The highest BCUT2D eigenvalue weighted by Crippen LogP contribution is 2.11. The lowest BCUT2D eigenvalue weighted by Crippen LogP contribution is -2.32. The van der Waals surface area contributed by atoms with Crippen LogP contribution < -0.4 is 4.74 Å². The van der Waals surface area contributed by atoms with Crippen LogP contribution in [0.1, 0.15) is 6.42 Å². The maximum Gasteiger partial charge on any atom is 0.387 e. The third-order valence-corrected chi connectivity index (χ3v) is 1.88. The van der Waals surface area contributed by atoms with E-state index in [4.69, 9.17) is 4.74 Å². The highest BCUT2D eigenvalue weighted by Gasteiger charge is 2.30. The molecule has 0 heterocycles. The van der Waals surface area contributed by atoms with Crippen LogP contribution in [0.2, 0.25) is 0 Å². The molecule has 0 aliphatic heterocycles. The van der Waals surface area contributed by atoms with Crippen LogP contribution in [-0.4, -0.2) is 16.9 Å². The van der Waals surface area contributed by atoms with Crippen molar-refractivity contribution in [2.45, 2.75) is 12.5 Å². The van der Waals surface area contributed by atoms with Gasteiger partial charge in [0.25, 0.3) is 0 Å². The number of hydrogen-bond acceptors (Lipinski definition) is 4. The number of carbonyl (C=O) groups excluding carboxylic acids is 1. The highest BCUT2D eigenvalue weighted by molar-refractivity contribution is 5.77. The summed E-state index contributed by atoms with van der Waals surface area (Å²) in [5.41, 5.74) is 0. The summed E-state index contributed by atoms with van der Waals surface area (Å²) in [6.07, 6.45) is 1.28. The van der Waals surface area contributed by atoms with Gasteiger partial charge in [0.15, 0.2) is 0 Å². The molecule has 0 aliphatic rings. The number of nitrogens with zero attached hydrogens (tertiary/aromatic N) is 1. The van der Waals surface area contributed by atoms with Crippen molar-refractivity contribution in [3.63, 3.8) is 0 Å². The summed E-state index contributed by atoms with van der Waals surface area (Å²) >= 11 is 0. The third-order valence-electron chi connectivity index (χ3n) is 1.88. The van der Waals surface area contributed by atoms with Crippen LogP contribution in [0.15, 0.2) is 43.0 Å². The zero-order valence-electron chi connectivity index (χ0n) is 8.54. The largest absolute Gasteiger partial charge is 0.421 e. The van der Waals surface area contributed by atoms with E-state index in [1.807, 2.05) is 0 Å². The summed E-state index contributed by atoms with van der Waals surface area (Å²) in [6, 6.07) is 6.84. The first-order chi connectivity index (χ1) is 7.65. The van der Waals surface area contributed by atoms with Gasteiger partial charge in [0.1, 0.15) is 5.75 Å². The maximum atomic E-state index is 11.4. The van der Waals surface area contributed by atoms with Crippen molar-refractivity contribution < 1.29 is 14.5 Å². The van der Waals surface area contributed by atoms with Crippen LogP contribution in [0.25, 0.3) is 0 Å². The van der Waals surface area contributed by atoms with Crippen molar-refractivity contribution in [3.8, 4) is 5.75 Å². The summed E-state index contributed by atoms with van der Waals surface area (Å²) in [5, 5.41) is 10.6. The number of carbonyl (C=O) groups is 1. The van der Waals surface area contributed by atoms with Crippen LogP contribution >= 0.6 is 0 Å². The quantitative estimate of drug-likeness (QED) is 0.250. The smallest absolute Gasteiger partial charge is 0.387 e. The molecule has 16 heavy (non-hydrogen) atoms. The standard InChI is InChI=1S/C11H11NO4/c1-2-6-10(12(14)15)11(13)16-9-7-4-3-5-8-9/h2-5,7-8,10H,1,6H2. The summed E-state index contributed by atoms with van der Waals surface area (Å²) in [7, 11) is 0. The predicted molar refractivity (Wildman–Crippen MR) is 57.7 cm³/mol. The Labute approximate surface area is 92.5 Å². The Hall–Kier alpha value is -2.17. The van der Waals surface area contributed by atoms with Crippen molar-refractivity contribution in [1.29, 1.82) is 0 Å². The van der Waals surface area contributed by atoms with Crippen LogP contribution in [-0.2, 0) is 4.79 Å². The number of esters is 1. The third kappa shape index (κ3) is 3.20. The molecule has 0 saturated heterocycles. The fourth-order valence-electron chi connectivity index (χ4n) is 1.10. The molecule has 0 radical (unpaired) electrons. The van der Waals surface area contributed by atoms with Crippen molar-refractivity contribution in [2.75, 3.05) is 0 Å². The number of para-hydroxylation sites is 1. The molecule has 84 valence electrons. The molecule has 0 aromatic heterocycles. The van der Waals surface area contributed by atoms with E-state index in [0.29, 0.717) is 5.75 Å². The van der Waals surface area contributed by atoms with Crippen molar-refractivity contribution >= 4 is 5.97 Å². The van der Waals surface area contributed by atoms with E-state index in [2.05, 4.69) is 6.58 Å². The summed E-state index contributed by atoms with van der Waals surface area (Å²) in [6.45, 7) is 3.36. The molecular weight excluding hydrogens is 210 g/mol. The zero-order valence-corrected chi connectivity index (χ0v) is 8.54. The number of hydrogen-bond donors (Lipinski definition) is 0. The van der Waals surface area contributed by atoms with E-state index in [1.165, 1.54) is 6.08 Å². The molecule has 0 bridgehead atoms. The minimum atomic E-state index is -1.39. The van der Waals surface area contributed by atoms with Gasteiger partial charge >= 0.3 is 12.0 Å². The highest BCUT2D eigenvalue weighted by atomic mass is 16.6. The first-order valence-electron chi connectivity index (χ1n) is 4.66. The molecular formula is C11H11NO4. The van der Waals surface area contributed by atoms with Crippen molar-refractivity contribution in [2.24, 2.45) is 0 Å². The lowest BCUT2D eigenvalue weighted by atomic mass is 10.2. The molecule has 0 N–H and O–H groups in total. The van der Waals surface area contributed by atoms with Crippen LogP contribution in [0.4, 0.5) is 0 Å². The molecule has 0 spiro atoms. The summed E-state index contributed by atoms with van der Waals surface area (Å²) < 4.78 is 4.86. The summed E-state index contributed by atoms with van der Waals surface area (Å²) in [4.78, 5) is 21.3. The van der Waals surface area contributed by atoms with Gasteiger partial charge in [0, 0.05) is 11.3 Å². The fraction of sp³-hybridized carbons (Fsp3) is 0.182. The summed E-state index contributed by atoms with van der Waals surface area (Å²) in [5.74, 6) is -0.584. The monoisotopic (exact) mass is 221 g/mol. The van der Waals surface area contributed by atoms with Crippen LogP contribution in [0, 0.1) is 10.1 Å². The van der Waals surface area contributed by atoms with Gasteiger partial charge in [-0.2, -0.15) is 0 Å². The molecule has 5 heteroatoms. The molecule has 5 nitrogen and oxygen atoms in total. The van der Waals surface area contributed by atoms with Gasteiger partial charge in [-0.25, -0.2) is 4.79 Å². The van der Waals surface area contributed by atoms with E-state index in [0.717, 1.165) is 0 Å². The lowest BCUT2D eigenvalue weighted by molar-refractivity contribution is -0.508. The number of benzene rings is 1. The van der Waals surface area contributed by atoms with Gasteiger partial charge in [-0.1, -0.05) is 24.3 Å². The fourth-order valence-corrected chi connectivity index (χ4v) is 1.10. The zero-order chi connectivity index (χ0) is 12.0. The topological polar surface area (TPSA) is 69.4 Å². The Morgan fingerprint density at radius 1 is 1.50 bits per heavy atom. The molecule has 0 saturated carbocycles. The van der Waals surface area contributed by atoms with Gasteiger partial charge < -0.3 is 4.74 Å². The average molecular weight is 221 g/mol. The Balaban J connectivity index is 2.69. The van der Waals surface area contributed by atoms with Gasteiger partial charge in [-0.05, 0) is 12.1 Å². The predicted octanol–water partition coefficient (Wildman–Crippen LogP) is 1.81. The van der Waals surface area contributed by atoms with Gasteiger partial charge in [0.2, 0.25) is 0 Å². The van der Waals surface area contributed by atoms with E-state index in [9.17, 15) is 14.9 Å². The minimum absolute atomic E-state index is 0.0430. The van der Waals surface area contributed by atoms with E-state index >= 15 is 0 Å². The second-order valence-corrected chi connectivity index (χ2v) is 3.06. The first-order valence-corrected chi connectivity index (χ1v) is 4.66. The van der Waals surface area contributed by atoms with E-state index in [1.54, 1.807) is 30.3 Å². The Morgan fingerprint density at radius 3 is 2.62 bits per heavy atom. The second-order valence-electron chi connectivity index (χ2n) is 3.06. The van der Waals surface area contributed by atoms with E-state index in [-0.39, 0.29) is 6.42 Å². The Kier molecular flexibility index (Phi) is 4.20. The molecule has 1 aromatic rings.